The molecule has 1 aliphatic heterocycles. The molecule has 1 aliphatic rings. The van der Waals surface area contributed by atoms with Gasteiger partial charge in [0.2, 0.25) is 5.91 Å². The number of benzene rings is 2. The Bertz CT molecular complexity index is 1200. The fraction of sp³-hybridized carbons (Fsp3) is 0.393. The van der Waals surface area contributed by atoms with Crippen LogP contribution < -0.4 is 10.2 Å². The number of rotatable bonds is 9. The Balaban J connectivity index is 1.47. The van der Waals surface area contributed by atoms with Crippen LogP contribution in [0.1, 0.15) is 26.3 Å². The van der Waals surface area contributed by atoms with E-state index in [2.05, 4.69) is 33.3 Å². The predicted octanol–water partition coefficient (Wildman–Crippen LogP) is 4.21. The van der Waals surface area contributed by atoms with Crippen molar-refractivity contribution in [1.82, 2.24) is 14.6 Å². The first kappa shape index (κ1) is 25.9. The normalized spacial score (nSPS) is 15.8. The van der Waals surface area contributed by atoms with Crippen molar-refractivity contribution < 1.29 is 14.3 Å². The molecule has 8 heteroatoms. The molecule has 0 spiro atoms. The standard InChI is InChI=1S/C28H34N4O3S/c1-4-35-28(34)25(20(2)3)29-27(33)22(18-21-10-6-5-7-11-21)19-31-14-16-32(17-15-31)26-23-12-8-9-13-24(23)36-30-26/h5-13,18,20,25H,4,14-17,19H2,1-3H3,(H,29,33)/b22-18+. The summed E-state index contributed by atoms with van der Waals surface area (Å²) in [6.45, 7) is 9.67. The van der Waals surface area contributed by atoms with Crippen molar-refractivity contribution in [1.29, 1.82) is 0 Å². The number of fused-ring (bicyclic) bond motifs is 1. The lowest BCUT2D eigenvalue weighted by atomic mass is 10.0. The van der Waals surface area contributed by atoms with Crippen LogP contribution in [0.5, 0.6) is 0 Å². The molecule has 7 nitrogen and oxygen atoms in total. The lowest BCUT2D eigenvalue weighted by Gasteiger charge is -2.35. The minimum atomic E-state index is -0.689. The highest BCUT2D eigenvalue weighted by Crippen LogP contribution is 2.30. The van der Waals surface area contributed by atoms with E-state index in [-0.39, 0.29) is 18.4 Å². The Labute approximate surface area is 216 Å². The van der Waals surface area contributed by atoms with E-state index >= 15 is 0 Å². The first-order valence-corrected chi connectivity index (χ1v) is 13.3. The molecule has 0 bridgehead atoms. The molecule has 1 unspecified atom stereocenters. The fourth-order valence-corrected chi connectivity index (χ4v) is 5.15. The number of nitrogens with zero attached hydrogens (tertiary/aromatic N) is 3. The number of aromatic nitrogens is 1. The topological polar surface area (TPSA) is 74.8 Å². The summed E-state index contributed by atoms with van der Waals surface area (Å²) in [7, 11) is 0. The fourth-order valence-electron chi connectivity index (χ4n) is 4.36. The summed E-state index contributed by atoms with van der Waals surface area (Å²) in [5.74, 6) is 0.326. The molecule has 0 saturated carbocycles. The third kappa shape index (κ3) is 6.30. The molecular weight excluding hydrogens is 472 g/mol. The Kier molecular flexibility index (Phi) is 8.72. The maximum atomic E-state index is 13.4. The lowest BCUT2D eigenvalue weighted by Crippen LogP contribution is -2.49. The SMILES string of the molecule is CCOC(=O)C(NC(=O)/C(=C/c1ccccc1)CN1CCN(c2nsc3ccccc23)CC1)C(C)C. The van der Waals surface area contributed by atoms with Crippen molar-refractivity contribution in [3.8, 4) is 0 Å². The molecule has 1 atom stereocenters. The average molecular weight is 507 g/mol. The van der Waals surface area contributed by atoms with Crippen molar-refractivity contribution >= 4 is 45.4 Å². The molecule has 2 heterocycles. The molecule has 0 radical (unpaired) electrons. The number of amides is 1. The van der Waals surface area contributed by atoms with E-state index in [9.17, 15) is 9.59 Å². The zero-order valence-corrected chi connectivity index (χ0v) is 22.0. The van der Waals surface area contributed by atoms with E-state index in [1.807, 2.05) is 56.3 Å². The van der Waals surface area contributed by atoms with Crippen molar-refractivity contribution in [2.45, 2.75) is 26.8 Å². The highest BCUT2D eigenvalue weighted by atomic mass is 32.1. The smallest absolute Gasteiger partial charge is 0.328 e. The van der Waals surface area contributed by atoms with Gasteiger partial charge in [-0.3, -0.25) is 9.69 Å². The van der Waals surface area contributed by atoms with Crippen molar-refractivity contribution in [3.63, 3.8) is 0 Å². The minimum Gasteiger partial charge on any atom is -0.464 e. The maximum Gasteiger partial charge on any atom is 0.328 e. The number of nitrogens with one attached hydrogen (secondary N) is 1. The minimum absolute atomic E-state index is 0.0811. The number of hydrogen-bond donors (Lipinski definition) is 1. The largest absolute Gasteiger partial charge is 0.464 e. The molecule has 1 amide bonds. The second kappa shape index (κ2) is 12.1. The summed E-state index contributed by atoms with van der Waals surface area (Å²) in [4.78, 5) is 30.5. The molecule has 1 aromatic heterocycles. The van der Waals surface area contributed by atoms with Crippen LogP contribution in [0, 0.1) is 5.92 Å². The Hall–Kier alpha value is -3.23. The van der Waals surface area contributed by atoms with Gasteiger partial charge in [-0.15, -0.1) is 0 Å². The molecule has 0 aliphatic carbocycles. The zero-order valence-electron chi connectivity index (χ0n) is 21.1. The van der Waals surface area contributed by atoms with Gasteiger partial charge >= 0.3 is 5.97 Å². The number of esters is 1. The van der Waals surface area contributed by atoms with Gasteiger partial charge in [0, 0.05) is 43.7 Å². The lowest BCUT2D eigenvalue weighted by molar-refractivity contribution is -0.148. The van der Waals surface area contributed by atoms with E-state index in [0.717, 1.165) is 37.6 Å². The number of piperazine rings is 1. The first-order chi connectivity index (χ1) is 17.5. The van der Waals surface area contributed by atoms with E-state index in [1.54, 1.807) is 6.92 Å². The van der Waals surface area contributed by atoms with Gasteiger partial charge in [-0.25, -0.2) is 4.79 Å². The zero-order chi connectivity index (χ0) is 25.5. The van der Waals surface area contributed by atoms with E-state index in [0.29, 0.717) is 12.1 Å². The molecule has 1 saturated heterocycles. The average Bonchev–Trinajstić information content (AvgIpc) is 3.32. The molecule has 1 fully saturated rings. The maximum absolute atomic E-state index is 13.4. The number of carbonyl (C=O) groups is 2. The van der Waals surface area contributed by atoms with Crippen LogP contribution in [-0.4, -0.2) is 66.5 Å². The van der Waals surface area contributed by atoms with Crippen LogP contribution in [0.15, 0.2) is 60.2 Å². The summed E-state index contributed by atoms with van der Waals surface area (Å²) in [5, 5.41) is 4.13. The number of ether oxygens (including phenoxy) is 1. The Morgan fingerprint density at radius 1 is 1.06 bits per heavy atom. The number of anilines is 1. The Morgan fingerprint density at radius 2 is 1.75 bits per heavy atom. The van der Waals surface area contributed by atoms with Crippen LogP contribution in [0.4, 0.5) is 5.82 Å². The van der Waals surface area contributed by atoms with Gasteiger partial charge in [0.05, 0.1) is 11.3 Å². The van der Waals surface area contributed by atoms with Gasteiger partial charge in [-0.1, -0.05) is 56.3 Å². The van der Waals surface area contributed by atoms with Crippen LogP contribution in [0.25, 0.3) is 16.2 Å². The van der Waals surface area contributed by atoms with Crippen LogP contribution in [-0.2, 0) is 14.3 Å². The summed E-state index contributed by atoms with van der Waals surface area (Å²) >= 11 is 1.53. The van der Waals surface area contributed by atoms with Crippen LogP contribution >= 0.6 is 11.5 Å². The third-order valence-electron chi connectivity index (χ3n) is 6.35. The molecule has 190 valence electrons. The van der Waals surface area contributed by atoms with Gasteiger partial charge < -0.3 is 15.0 Å². The van der Waals surface area contributed by atoms with Gasteiger partial charge in [0.1, 0.15) is 11.9 Å². The monoisotopic (exact) mass is 506 g/mol. The molecule has 36 heavy (non-hydrogen) atoms. The van der Waals surface area contributed by atoms with Gasteiger partial charge in [-0.05, 0) is 48.1 Å². The first-order valence-electron chi connectivity index (χ1n) is 12.5. The quantitative estimate of drug-likeness (QED) is 0.346. The number of carbonyl (C=O) groups excluding carboxylic acids is 2. The highest BCUT2D eigenvalue weighted by Gasteiger charge is 2.28. The highest BCUT2D eigenvalue weighted by molar-refractivity contribution is 7.13. The number of hydrogen-bond acceptors (Lipinski definition) is 7. The van der Waals surface area contributed by atoms with Crippen LogP contribution in [0.3, 0.4) is 0 Å². The van der Waals surface area contributed by atoms with E-state index in [4.69, 9.17) is 9.11 Å². The summed E-state index contributed by atoms with van der Waals surface area (Å²) in [6.07, 6.45) is 1.91. The third-order valence-corrected chi connectivity index (χ3v) is 7.17. The molecule has 1 N–H and O–H groups in total. The van der Waals surface area contributed by atoms with Crippen molar-refractivity contribution in [2.24, 2.45) is 5.92 Å². The molecular formula is C28H34N4O3S. The second-order valence-corrected chi connectivity index (χ2v) is 10.1. The Morgan fingerprint density at radius 3 is 2.44 bits per heavy atom. The van der Waals surface area contributed by atoms with E-state index < -0.39 is 12.0 Å². The molecule has 4 rings (SSSR count). The van der Waals surface area contributed by atoms with Crippen molar-refractivity contribution in [3.05, 3.63) is 65.7 Å². The van der Waals surface area contributed by atoms with Gasteiger partial charge in [0.25, 0.3) is 0 Å². The van der Waals surface area contributed by atoms with E-state index in [1.165, 1.54) is 21.6 Å². The van der Waals surface area contributed by atoms with Gasteiger partial charge in [0.15, 0.2) is 0 Å². The summed E-state index contributed by atoms with van der Waals surface area (Å²) in [6, 6.07) is 17.4. The molecule has 3 aromatic rings. The summed E-state index contributed by atoms with van der Waals surface area (Å²) in [5.41, 5.74) is 1.58. The second-order valence-electron chi connectivity index (χ2n) is 9.29. The van der Waals surface area contributed by atoms with Crippen LogP contribution in [0.2, 0.25) is 0 Å². The molecule has 2 aromatic carbocycles. The van der Waals surface area contributed by atoms with Crippen molar-refractivity contribution in [2.75, 3.05) is 44.2 Å². The summed E-state index contributed by atoms with van der Waals surface area (Å²) < 4.78 is 11.1. The predicted molar refractivity (Wildman–Crippen MR) is 146 cm³/mol. The van der Waals surface area contributed by atoms with Gasteiger partial charge in [-0.2, -0.15) is 4.37 Å².